The molecule has 1 aromatic heterocycles. The van der Waals surface area contributed by atoms with Crippen molar-refractivity contribution in [2.45, 2.75) is 4.90 Å². The highest BCUT2D eigenvalue weighted by Crippen LogP contribution is 2.14. The zero-order chi connectivity index (χ0) is 11.3. The molecule has 6 nitrogen and oxygen atoms in total. The molecule has 7 heteroatoms. The molecule has 0 amide bonds. The van der Waals surface area contributed by atoms with Crippen molar-refractivity contribution in [2.75, 3.05) is 20.3 Å². The van der Waals surface area contributed by atoms with E-state index >= 15 is 0 Å². The molecule has 84 valence electrons. The summed E-state index contributed by atoms with van der Waals surface area (Å²) in [5.74, 6) is 0.363. The molecule has 1 aromatic rings. The third kappa shape index (κ3) is 3.15. The zero-order valence-corrected chi connectivity index (χ0v) is 8.99. The largest absolute Gasteiger partial charge is 0.495 e. The topological polar surface area (TPSA) is 88.5 Å². The lowest BCUT2D eigenvalue weighted by atomic mass is 10.5. The fraction of sp³-hybridized carbons (Fsp3) is 0.375. The number of pyridine rings is 1. The Kier molecular flexibility index (Phi) is 4.01. The van der Waals surface area contributed by atoms with Crippen molar-refractivity contribution in [2.24, 2.45) is 0 Å². The van der Waals surface area contributed by atoms with Gasteiger partial charge in [0.2, 0.25) is 10.0 Å². The summed E-state index contributed by atoms with van der Waals surface area (Å²) in [5, 5.41) is 8.51. The molecular weight excluding hydrogens is 220 g/mol. The minimum atomic E-state index is -3.61. The van der Waals surface area contributed by atoms with E-state index in [0.29, 0.717) is 5.75 Å². The number of nitrogens with zero attached hydrogens (tertiary/aromatic N) is 1. The predicted molar refractivity (Wildman–Crippen MR) is 53.1 cm³/mol. The van der Waals surface area contributed by atoms with Gasteiger partial charge in [-0.1, -0.05) is 0 Å². The van der Waals surface area contributed by atoms with Crippen LogP contribution in [0.4, 0.5) is 0 Å². The number of nitrogens with one attached hydrogen (secondary N) is 1. The summed E-state index contributed by atoms with van der Waals surface area (Å²) in [7, 11) is -2.18. The number of aliphatic hydroxyl groups excluding tert-OH is 1. The van der Waals surface area contributed by atoms with E-state index in [4.69, 9.17) is 9.84 Å². The SMILES string of the molecule is COc1cncc(S(=O)(=O)NCCO)c1. The van der Waals surface area contributed by atoms with Crippen molar-refractivity contribution in [1.29, 1.82) is 0 Å². The van der Waals surface area contributed by atoms with E-state index in [9.17, 15) is 8.42 Å². The first-order valence-electron chi connectivity index (χ1n) is 4.19. The lowest BCUT2D eigenvalue weighted by Crippen LogP contribution is -2.26. The normalized spacial score (nSPS) is 11.3. The number of hydrogen-bond donors (Lipinski definition) is 2. The van der Waals surface area contributed by atoms with Crippen LogP contribution in [0, 0.1) is 0 Å². The summed E-state index contributed by atoms with van der Waals surface area (Å²) in [4.78, 5) is 3.73. The number of ether oxygens (including phenoxy) is 1. The van der Waals surface area contributed by atoms with Gasteiger partial charge in [-0.05, 0) is 0 Å². The van der Waals surface area contributed by atoms with Crippen LogP contribution in [0.25, 0.3) is 0 Å². The van der Waals surface area contributed by atoms with Crippen LogP contribution in [-0.4, -0.2) is 38.8 Å². The van der Waals surface area contributed by atoms with Gasteiger partial charge < -0.3 is 9.84 Å². The van der Waals surface area contributed by atoms with E-state index in [2.05, 4.69) is 9.71 Å². The number of methoxy groups -OCH3 is 1. The Morgan fingerprint density at radius 1 is 1.53 bits per heavy atom. The predicted octanol–water partition coefficient (Wildman–Crippen LogP) is -0.639. The average Bonchev–Trinajstić information content (AvgIpc) is 2.26. The molecule has 2 N–H and O–H groups in total. The van der Waals surface area contributed by atoms with Gasteiger partial charge in [-0.25, -0.2) is 13.1 Å². The first-order valence-corrected chi connectivity index (χ1v) is 5.68. The molecule has 15 heavy (non-hydrogen) atoms. The first-order chi connectivity index (χ1) is 7.10. The van der Waals surface area contributed by atoms with E-state index in [1.807, 2.05) is 0 Å². The summed E-state index contributed by atoms with van der Waals surface area (Å²) in [6.45, 7) is -0.282. The van der Waals surface area contributed by atoms with Crippen LogP contribution in [0.2, 0.25) is 0 Å². The van der Waals surface area contributed by atoms with Crippen molar-refractivity contribution in [3.05, 3.63) is 18.5 Å². The fourth-order valence-corrected chi connectivity index (χ4v) is 1.92. The lowest BCUT2D eigenvalue weighted by Gasteiger charge is -2.05. The molecule has 0 bridgehead atoms. The van der Waals surface area contributed by atoms with E-state index in [-0.39, 0.29) is 18.0 Å². The maximum absolute atomic E-state index is 11.5. The number of sulfonamides is 1. The lowest BCUT2D eigenvalue weighted by molar-refractivity contribution is 0.301. The van der Waals surface area contributed by atoms with E-state index < -0.39 is 10.0 Å². The summed E-state index contributed by atoms with van der Waals surface area (Å²) < 4.78 is 30.1. The van der Waals surface area contributed by atoms with Gasteiger partial charge >= 0.3 is 0 Å². The second kappa shape index (κ2) is 5.06. The average molecular weight is 232 g/mol. The van der Waals surface area contributed by atoms with Crippen LogP contribution >= 0.6 is 0 Å². The van der Waals surface area contributed by atoms with Crippen LogP contribution < -0.4 is 9.46 Å². The molecule has 0 aliphatic heterocycles. The Labute approximate surface area is 88.0 Å². The molecule has 0 saturated carbocycles. The number of aliphatic hydroxyl groups is 1. The van der Waals surface area contributed by atoms with Gasteiger partial charge in [0.1, 0.15) is 10.6 Å². The Morgan fingerprint density at radius 2 is 2.27 bits per heavy atom. The summed E-state index contributed by atoms with van der Waals surface area (Å²) in [6.07, 6.45) is 2.62. The minimum Gasteiger partial charge on any atom is -0.495 e. The maximum atomic E-state index is 11.5. The molecule has 1 heterocycles. The van der Waals surface area contributed by atoms with Crippen molar-refractivity contribution in [1.82, 2.24) is 9.71 Å². The second-order valence-electron chi connectivity index (χ2n) is 2.68. The third-order valence-corrected chi connectivity index (χ3v) is 3.07. The smallest absolute Gasteiger partial charge is 0.242 e. The number of rotatable bonds is 5. The molecule has 0 aromatic carbocycles. The summed E-state index contributed by atoms with van der Waals surface area (Å²) in [6, 6.07) is 1.35. The number of aromatic nitrogens is 1. The fourth-order valence-electron chi connectivity index (χ4n) is 0.921. The highest BCUT2D eigenvalue weighted by atomic mass is 32.2. The monoisotopic (exact) mass is 232 g/mol. The third-order valence-electron chi connectivity index (χ3n) is 1.64. The van der Waals surface area contributed by atoms with Gasteiger partial charge in [0.15, 0.2) is 0 Å². The van der Waals surface area contributed by atoms with Crippen LogP contribution in [0.3, 0.4) is 0 Å². The van der Waals surface area contributed by atoms with Crippen LogP contribution in [0.15, 0.2) is 23.4 Å². The Bertz CT molecular complexity index is 418. The maximum Gasteiger partial charge on any atom is 0.242 e. The summed E-state index contributed by atoms with van der Waals surface area (Å²) >= 11 is 0. The Hall–Kier alpha value is -1.18. The standard InChI is InChI=1S/C8H12N2O4S/c1-14-7-4-8(6-9-5-7)15(12,13)10-2-3-11/h4-6,10-11H,2-3H2,1H3. The second-order valence-corrected chi connectivity index (χ2v) is 4.45. The molecule has 0 unspecified atom stereocenters. The number of hydrogen-bond acceptors (Lipinski definition) is 5. The quantitative estimate of drug-likeness (QED) is 0.705. The molecule has 0 aliphatic carbocycles. The molecule has 0 spiro atoms. The van der Waals surface area contributed by atoms with Crippen LogP contribution in [0.5, 0.6) is 5.75 Å². The van der Waals surface area contributed by atoms with Crippen molar-refractivity contribution in [3.63, 3.8) is 0 Å². The van der Waals surface area contributed by atoms with Gasteiger partial charge in [-0.2, -0.15) is 0 Å². The minimum absolute atomic E-state index is 0.00954. The van der Waals surface area contributed by atoms with Gasteiger partial charge in [0.05, 0.1) is 19.9 Å². The molecule has 0 saturated heterocycles. The van der Waals surface area contributed by atoms with E-state index in [1.54, 1.807) is 0 Å². The van der Waals surface area contributed by atoms with Gasteiger partial charge in [0.25, 0.3) is 0 Å². The van der Waals surface area contributed by atoms with Gasteiger partial charge in [-0.3, -0.25) is 4.98 Å². The van der Waals surface area contributed by atoms with Crippen LogP contribution in [-0.2, 0) is 10.0 Å². The molecule has 0 aliphatic rings. The molecule has 0 fully saturated rings. The van der Waals surface area contributed by atoms with Crippen molar-refractivity contribution >= 4 is 10.0 Å². The first kappa shape index (κ1) is 11.9. The molecule has 1 rings (SSSR count). The molecule has 0 atom stereocenters. The Morgan fingerprint density at radius 3 is 2.87 bits per heavy atom. The van der Waals surface area contributed by atoms with E-state index in [0.717, 1.165) is 0 Å². The Balaban J connectivity index is 2.94. The van der Waals surface area contributed by atoms with Crippen LogP contribution in [0.1, 0.15) is 0 Å². The summed E-state index contributed by atoms with van der Waals surface area (Å²) in [5.41, 5.74) is 0. The zero-order valence-electron chi connectivity index (χ0n) is 8.17. The molecular formula is C8H12N2O4S. The highest BCUT2D eigenvalue weighted by Gasteiger charge is 2.14. The van der Waals surface area contributed by atoms with Crippen molar-refractivity contribution in [3.8, 4) is 5.75 Å². The van der Waals surface area contributed by atoms with Crippen molar-refractivity contribution < 1.29 is 18.3 Å². The van der Waals surface area contributed by atoms with Gasteiger partial charge in [-0.15, -0.1) is 0 Å². The van der Waals surface area contributed by atoms with Gasteiger partial charge in [0, 0.05) is 18.8 Å². The molecule has 0 radical (unpaired) electrons. The highest BCUT2D eigenvalue weighted by molar-refractivity contribution is 7.89. The van der Waals surface area contributed by atoms with E-state index in [1.165, 1.54) is 25.6 Å².